The van der Waals surface area contributed by atoms with E-state index in [1.54, 1.807) is 0 Å². The lowest BCUT2D eigenvalue weighted by Gasteiger charge is -2.60. The zero-order chi connectivity index (χ0) is 20.5. The Hall–Kier alpha value is -2.08. The summed E-state index contributed by atoms with van der Waals surface area (Å²) < 4.78 is 6.50. The van der Waals surface area contributed by atoms with Crippen molar-refractivity contribution in [2.75, 3.05) is 26.2 Å². The van der Waals surface area contributed by atoms with Crippen molar-refractivity contribution in [1.82, 2.24) is 15.1 Å². The normalized spacial score (nSPS) is 40.0. The molecule has 3 aliphatic heterocycles. The fourth-order valence-corrected chi connectivity index (χ4v) is 7.05. The molecule has 5 fully saturated rings. The van der Waals surface area contributed by atoms with E-state index in [2.05, 4.69) is 22.0 Å². The van der Waals surface area contributed by atoms with Crippen LogP contribution < -0.4 is 10.1 Å². The number of ether oxygens (including phenoxy) is 1. The molecule has 7 rings (SSSR count). The van der Waals surface area contributed by atoms with E-state index < -0.39 is 5.72 Å². The van der Waals surface area contributed by atoms with Crippen LogP contribution in [0.1, 0.15) is 55.8 Å². The summed E-state index contributed by atoms with van der Waals surface area (Å²) in [5.41, 5.74) is -0.200. The number of fused-ring (bicyclic) bond motifs is 4. The lowest BCUT2D eigenvalue weighted by atomic mass is 9.52. The van der Waals surface area contributed by atoms with Crippen LogP contribution in [0.2, 0.25) is 0 Å². The molecule has 1 N–H and O–H groups in total. The highest BCUT2D eigenvalue weighted by molar-refractivity contribution is 5.98. The number of piperazine rings is 1. The molecule has 5 atom stereocenters. The molecular formula is C24H31N3O3. The number of nitrogens with zero attached hydrogens (tertiary/aromatic N) is 2. The van der Waals surface area contributed by atoms with E-state index in [-0.39, 0.29) is 23.2 Å². The molecule has 6 aliphatic rings. The van der Waals surface area contributed by atoms with Crippen molar-refractivity contribution in [2.45, 2.75) is 57.2 Å². The van der Waals surface area contributed by atoms with Gasteiger partial charge in [-0.05, 0) is 56.2 Å². The summed E-state index contributed by atoms with van der Waals surface area (Å²) in [4.78, 5) is 31.2. The summed E-state index contributed by atoms with van der Waals surface area (Å²) in [5.74, 6) is 1.18. The van der Waals surface area contributed by atoms with Gasteiger partial charge in [0.1, 0.15) is 5.75 Å². The second-order valence-corrected chi connectivity index (χ2v) is 10.4. The van der Waals surface area contributed by atoms with Crippen LogP contribution in [0.4, 0.5) is 0 Å². The summed E-state index contributed by atoms with van der Waals surface area (Å²) >= 11 is 0. The highest BCUT2D eigenvalue weighted by Crippen LogP contribution is 2.59. The van der Waals surface area contributed by atoms with Crippen LogP contribution in [0.15, 0.2) is 24.3 Å². The monoisotopic (exact) mass is 409 g/mol. The van der Waals surface area contributed by atoms with E-state index in [1.165, 1.54) is 19.4 Å². The molecule has 3 aliphatic carbocycles. The average molecular weight is 410 g/mol. The number of carbonyl (C=O) groups is 2. The molecule has 0 aromatic heterocycles. The highest BCUT2D eigenvalue weighted by Gasteiger charge is 2.62. The summed E-state index contributed by atoms with van der Waals surface area (Å²) in [7, 11) is 0. The van der Waals surface area contributed by atoms with Crippen LogP contribution in [0.3, 0.4) is 0 Å². The van der Waals surface area contributed by atoms with E-state index in [4.69, 9.17) is 4.74 Å². The predicted molar refractivity (Wildman–Crippen MR) is 112 cm³/mol. The average Bonchev–Trinajstić information content (AvgIpc) is 3.21. The SMILES string of the molecule is CC12CCC(CC1C(=O)N1CCN3CCCC3C1)C1(C2)NC(=O)c2ccccc2O1. The fourth-order valence-electron chi connectivity index (χ4n) is 7.05. The van der Waals surface area contributed by atoms with Crippen molar-refractivity contribution >= 4 is 11.8 Å². The van der Waals surface area contributed by atoms with Gasteiger partial charge >= 0.3 is 0 Å². The number of benzene rings is 1. The van der Waals surface area contributed by atoms with Gasteiger partial charge < -0.3 is 15.0 Å². The number of amides is 2. The molecule has 1 spiro atoms. The maximum Gasteiger partial charge on any atom is 0.258 e. The summed E-state index contributed by atoms with van der Waals surface area (Å²) in [6, 6.07) is 8.05. The molecule has 160 valence electrons. The van der Waals surface area contributed by atoms with Gasteiger partial charge in [-0.3, -0.25) is 14.5 Å². The molecule has 2 bridgehead atoms. The van der Waals surface area contributed by atoms with Gasteiger partial charge in [0.15, 0.2) is 5.72 Å². The van der Waals surface area contributed by atoms with Crippen molar-refractivity contribution in [3.05, 3.63) is 29.8 Å². The van der Waals surface area contributed by atoms with Crippen molar-refractivity contribution < 1.29 is 14.3 Å². The lowest BCUT2D eigenvalue weighted by Crippen LogP contribution is -2.69. The van der Waals surface area contributed by atoms with Crippen LogP contribution in [0.25, 0.3) is 0 Å². The van der Waals surface area contributed by atoms with Crippen LogP contribution in [0.5, 0.6) is 5.75 Å². The molecule has 1 aromatic carbocycles. The number of nitrogens with one attached hydrogen (secondary N) is 1. The molecule has 1 aromatic rings. The molecule has 3 heterocycles. The van der Waals surface area contributed by atoms with Crippen molar-refractivity contribution in [3.8, 4) is 5.75 Å². The van der Waals surface area contributed by atoms with Crippen molar-refractivity contribution in [2.24, 2.45) is 17.3 Å². The van der Waals surface area contributed by atoms with Crippen molar-refractivity contribution in [1.29, 1.82) is 0 Å². The Balaban J connectivity index is 1.24. The van der Waals surface area contributed by atoms with Gasteiger partial charge in [0.2, 0.25) is 5.91 Å². The molecule has 3 saturated carbocycles. The molecule has 6 nitrogen and oxygen atoms in total. The smallest absolute Gasteiger partial charge is 0.258 e. The Morgan fingerprint density at radius 2 is 2.07 bits per heavy atom. The zero-order valence-electron chi connectivity index (χ0n) is 17.7. The minimum Gasteiger partial charge on any atom is -0.467 e. The molecule has 5 unspecified atom stereocenters. The predicted octanol–water partition coefficient (Wildman–Crippen LogP) is 2.64. The summed E-state index contributed by atoms with van der Waals surface area (Å²) in [6.45, 7) is 6.20. The van der Waals surface area contributed by atoms with Crippen LogP contribution in [-0.2, 0) is 4.79 Å². The van der Waals surface area contributed by atoms with Gasteiger partial charge in [0, 0.05) is 43.9 Å². The van der Waals surface area contributed by atoms with Gasteiger partial charge in [-0.25, -0.2) is 0 Å². The molecule has 0 radical (unpaired) electrons. The number of para-hydroxylation sites is 1. The molecule has 6 heteroatoms. The van der Waals surface area contributed by atoms with Gasteiger partial charge in [-0.1, -0.05) is 19.1 Å². The van der Waals surface area contributed by atoms with Crippen LogP contribution in [0, 0.1) is 17.3 Å². The highest BCUT2D eigenvalue weighted by atomic mass is 16.5. The minimum atomic E-state index is -0.667. The zero-order valence-corrected chi connectivity index (χ0v) is 17.7. The van der Waals surface area contributed by atoms with E-state index in [0.29, 0.717) is 29.7 Å². The first-order valence-corrected chi connectivity index (χ1v) is 11.6. The summed E-state index contributed by atoms with van der Waals surface area (Å²) in [5, 5.41) is 3.22. The first-order chi connectivity index (χ1) is 14.5. The molecule has 30 heavy (non-hydrogen) atoms. The third-order valence-electron chi connectivity index (χ3n) is 8.70. The Morgan fingerprint density at radius 1 is 1.20 bits per heavy atom. The lowest BCUT2D eigenvalue weighted by molar-refractivity contribution is -0.175. The van der Waals surface area contributed by atoms with E-state index in [1.807, 2.05) is 24.3 Å². The Morgan fingerprint density at radius 3 is 2.93 bits per heavy atom. The minimum absolute atomic E-state index is 0.0347. The Kier molecular flexibility index (Phi) is 4.02. The number of hydrogen-bond acceptors (Lipinski definition) is 4. The second kappa shape index (κ2) is 6.46. The van der Waals surface area contributed by atoms with E-state index in [0.717, 1.165) is 38.9 Å². The Bertz CT molecular complexity index is 903. The third-order valence-corrected chi connectivity index (χ3v) is 8.70. The van der Waals surface area contributed by atoms with Crippen LogP contribution in [-0.4, -0.2) is 59.6 Å². The number of carbonyl (C=O) groups excluding carboxylic acids is 2. The third kappa shape index (κ3) is 2.65. The van der Waals surface area contributed by atoms with E-state index >= 15 is 0 Å². The second-order valence-electron chi connectivity index (χ2n) is 10.4. The first-order valence-electron chi connectivity index (χ1n) is 11.6. The topological polar surface area (TPSA) is 61.9 Å². The fraction of sp³-hybridized carbons (Fsp3) is 0.667. The largest absolute Gasteiger partial charge is 0.467 e. The Labute approximate surface area is 177 Å². The van der Waals surface area contributed by atoms with Gasteiger partial charge in [-0.15, -0.1) is 0 Å². The molecular weight excluding hydrogens is 378 g/mol. The number of hydrogen-bond donors (Lipinski definition) is 1. The number of rotatable bonds is 1. The van der Waals surface area contributed by atoms with E-state index in [9.17, 15) is 9.59 Å². The molecule has 2 saturated heterocycles. The van der Waals surface area contributed by atoms with Crippen LogP contribution >= 0.6 is 0 Å². The van der Waals surface area contributed by atoms with Gasteiger partial charge in [-0.2, -0.15) is 0 Å². The maximum atomic E-state index is 13.6. The quantitative estimate of drug-likeness (QED) is 0.775. The van der Waals surface area contributed by atoms with Gasteiger partial charge in [0.25, 0.3) is 5.91 Å². The van der Waals surface area contributed by atoms with Gasteiger partial charge in [0.05, 0.1) is 5.56 Å². The molecule has 2 amide bonds. The first kappa shape index (κ1) is 18.7. The summed E-state index contributed by atoms with van der Waals surface area (Å²) in [6.07, 6.45) is 6.03. The standard InChI is InChI=1S/C24H31N3O3/c1-23-9-8-16(24(15-23)25-21(28)18-6-2-3-7-20(18)30-24)13-19(23)22(29)27-12-11-26-10-4-5-17(26)14-27/h2-3,6-7,16-17,19H,4-5,8-15H2,1H3,(H,25,28). The maximum absolute atomic E-state index is 13.6. The van der Waals surface area contributed by atoms with Crippen molar-refractivity contribution in [3.63, 3.8) is 0 Å².